The molecule has 1 aliphatic heterocycles. The number of aromatic amines is 1. The maximum absolute atomic E-state index is 6.36. The quantitative estimate of drug-likeness (QED) is 0.664. The van der Waals surface area contributed by atoms with Gasteiger partial charge in [0.15, 0.2) is 0 Å². The largest absolute Gasteiger partial charge is 0.360 e. The van der Waals surface area contributed by atoms with Crippen LogP contribution in [0.3, 0.4) is 0 Å². The molecule has 0 bridgehead atoms. The first-order chi connectivity index (χ1) is 11.3. The minimum atomic E-state index is 0.312. The van der Waals surface area contributed by atoms with E-state index in [0.29, 0.717) is 5.92 Å². The van der Waals surface area contributed by atoms with E-state index in [4.69, 9.17) is 11.6 Å². The molecule has 2 aromatic carbocycles. The first-order valence-electron chi connectivity index (χ1n) is 7.93. The molecule has 0 amide bonds. The van der Waals surface area contributed by atoms with Crippen LogP contribution in [0.4, 0.5) is 0 Å². The van der Waals surface area contributed by atoms with Crippen molar-refractivity contribution in [3.63, 3.8) is 0 Å². The van der Waals surface area contributed by atoms with Crippen molar-refractivity contribution in [2.24, 2.45) is 0 Å². The van der Waals surface area contributed by atoms with Gasteiger partial charge in [-0.3, -0.25) is 4.90 Å². The Kier molecular flexibility index (Phi) is 3.72. The minimum absolute atomic E-state index is 0.312. The molecule has 4 rings (SSSR count). The summed E-state index contributed by atoms with van der Waals surface area (Å²) < 4.78 is 0. The Labute approximate surface area is 141 Å². The number of hydrogen-bond acceptors (Lipinski definition) is 1. The highest BCUT2D eigenvalue weighted by Gasteiger charge is 2.24. The zero-order valence-corrected chi connectivity index (χ0v) is 13.7. The van der Waals surface area contributed by atoms with E-state index in [1.807, 2.05) is 6.07 Å². The van der Waals surface area contributed by atoms with Gasteiger partial charge in [0.2, 0.25) is 0 Å². The fourth-order valence-electron chi connectivity index (χ4n) is 3.58. The molecule has 1 unspecified atom stereocenters. The normalized spacial score (nSPS) is 18.0. The van der Waals surface area contributed by atoms with Crippen LogP contribution in [0.15, 0.2) is 61.3 Å². The maximum atomic E-state index is 6.36. The number of nitrogens with zero attached hydrogens (tertiary/aromatic N) is 1. The summed E-state index contributed by atoms with van der Waals surface area (Å²) in [5.74, 6) is 0.312. The summed E-state index contributed by atoms with van der Waals surface area (Å²) >= 11 is 6.36. The van der Waals surface area contributed by atoms with Gasteiger partial charge in [-0.25, -0.2) is 0 Å². The van der Waals surface area contributed by atoms with E-state index >= 15 is 0 Å². The molecule has 0 spiro atoms. The van der Waals surface area contributed by atoms with Crippen LogP contribution in [0.2, 0.25) is 5.02 Å². The summed E-state index contributed by atoms with van der Waals surface area (Å²) in [5, 5.41) is 2.06. The Balaban J connectivity index is 1.76. The van der Waals surface area contributed by atoms with Gasteiger partial charge in [0, 0.05) is 37.1 Å². The molecule has 2 nitrogen and oxygen atoms in total. The van der Waals surface area contributed by atoms with Crippen LogP contribution in [0.25, 0.3) is 10.9 Å². The van der Waals surface area contributed by atoms with Gasteiger partial charge >= 0.3 is 0 Å². The van der Waals surface area contributed by atoms with Gasteiger partial charge in [-0.2, -0.15) is 0 Å². The monoisotopic (exact) mass is 322 g/mol. The third-order valence-electron chi connectivity index (χ3n) is 4.68. The van der Waals surface area contributed by atoms with E-state index in [1.54, 1.807) is 0 Å². The van der Waals surface area contributed by atoms with Crippen molar-refractivity contribution in [2.75, 3.05) is 6.54 Å². The van der Waals surface area contributed by atoms with Crippen molar-refractivity contribution < 1.29 is 0 Å². The highest BCUT2D eigenvalue weighted by Crippen LogP contribution is 2.37. The van der Waals surface area contributed by atoms with Gasteiger partial charge in [0.25, 0.3) is 0 Å². The second kappa shape index (κ2) is 5.88. The molecule has 116 valence electrons. The second-order valence-electron chi connectivity index (χ2n) is 6.20. The van der Waals surface area contributed by atoms with Crippen molar-refractivity contribution in [3.8, 4) is 0 Å². The highest BCUT2D eigenvalue weighted by atomic mass is 35.5. The average molecular weight is 323 g/mol. The SMILES string of the molecule is C=CC1CN(Cc2ccccc2)Cc2ccc(Cl)c3[nH]cc1c23. The average Bonchev–Trinajstić information content (AvgIpc) is 2.95. The van der Waals surface area contributed by atoms with Crippen molar-refractivity contribution >= 4 is 22.5 Å². The Morgan fingerprint density at radius 1 is 1.22 bits per heavy atom. The van der Waals surface area contributed by atoms with Crippen LogP contribution >= 0.6 is 11.6 Å². The number of hydrogen-bond donors (Lipinski definition) is 1. The number of halogens is 1. The van der Waals surface area contributed by atoms with Crippen LogP contribution in [0.1, 0.15) is 22.6 Å². The summed E-state index contributed by atoms with van der Waals surface area (Å²) in [6.07, 6.45) is 4.15. The van der Waals surface area contributed by atoms with Crippen LogP contribution < -0.4 is 0 Å². The lowest BCUT2D eigenvalue weighted by Gasteiger charge is -2.23. The maximum Gasteiger partial charge on any atom is 0.0649 e. The molecular formula is C20H19ClN2. The summed E-state index contributed by atoms with van der Waals surface area (Å²) in [6, 6.07) is 14.8. The molecule has 1 aliphatic rings. The Hall–Kier alpha value is -2.03. The van der Waals surface area contributed by atoms with Gasteiger partial charge < -0.3 is 4.98 Å². The Bertz CT molecular complexity index is 851. The molecule has 0 aliphatic carbocycles. The summed E-state index contributed by atoms with van der Waals surface area (Å²) in [7, 11) is 0. The standard InChI is InChI=1S/C20H19ClN2/c1-2-15-12-23(11-14-6-4-3-5-7-14)13-16-8-9-18(21)20-19(16)17(15)10-22-20/h2-10,15,22H,1,11-13H2. The van der Waals surface area contributed by atoms with E-state index in [9.17, 15) is 0 Å². The van der Waals surface area contributed by atoms with Gasteiger partial charge in [-0.05, 0) is 22.8 Å². The zero-order valence-electron chi connectivity index (χ0n) is 12.9. The fourth-order valence-corrected chi connectivity index (χ4v) is 3.80. The van der Waals surface area contributed by atoms with Crippen LogP contribution in [-0.2, 0) is 13.1 Å². The van der Waals surface area contributed by atoms with Crippen LogP contribution in [0.5, 0.6) is 0 Å². The van der Waals surface area contributed by atoms with Gasteiger partial charge in [0.05, 0.1) is 10.5 Å². The predicted octanol–water partition coefficient (Wildman–Crippen LogP) is 5.11. The van der Waals surface area contributed by atoms with Crippen LogP contribution in [-0.4, -0.2) is 16.4 Å². The Morgan fingerprint density at radius 2 is 2.04 bits per heavy atom. The molecular weight excluding hydrogens is 304 g/mol. The summed E-state index contributed by atoms with van der Waals surface area (Å²) in [4.78, 5) is 5.84. The van der Waals surface area contributed by atoms with Crippen molar-refractivity contribution in [1.29, 1.82) is 0 Å². The number of aromatic nitrogens is 1. The van der Waals surface area contributed by atoms with E-state index < -0.39 is 0 Å². The van der Waals surface area contributed by atoms with Crippen molar-refractivity contribution in [2.45, 2.75) is 19.0 Å². The molecule has 3 aromatic rings. The van der Waals surface area contributed by atoms with E-state index in [0.717, 1.165) is 30.2 Å². The molecule has 0 radical (unpaired) electrons. The van der Waals surface area contributed by atoms with E-state index in [1.165, 1.54) is 22.1 Å². The lowest BCUT2D eigenvalue weighted by molar-refractivity contribution is 0.255. The molecule has 23 heavy (non-hydrogen) atoms. The topological polar surface area (TPSA) is 19.0 Å². The fraction of sp³-hybridized carbons (Fsp3) is 0.200. The van der Waals surface area contributed by atoms with Crippen molar-refractivity contribution in [1.82, 2.24) is 9.88 Å². The molecule has 1 aromatic heterocycles. The lowest BCUT2D eigenvalue weighted by Crippen LogP contribution is -2.25. The minimum Gasteiger partial charge on any atom is -0.360 e. The van der Waals surface area contributed by atoms with E-state index in [-0.39, 0.29) is 0 Å². The van der Waals surface area contributed by atoms with Crippen LogP contribution in [0, 0.1) is 0 Å². The van der Waals surface area contributed by atoms with E-state index in [2.05, 4.69) is 65.1 Å². The number of benzene rings is 2. The first kappa shape index (κ1) is 14.6. The van der Waals surface area contributed by atoms with Gasteiger partial charge in [-0.1, -0.05) is 54.1 Å². The first-order valence-corrected chi connectivity index (χ1v) is 8.31. The molecule has 2 heterocycles. The zero-order chi connectivity index (χ0) is 15.8. The molecule has 0 fully saturated rings. The predicted molar refractivity (Wildman–Crippen MR) is 96.8 cm³/mol. The molecule has 3 heteroatoms. The highest BCUT2D eigenvalue weighted by molar-refractivity contribution is 6.35. The molecule has 0 saturated carbocycles. The number of H-pyrrole nitrogens is 1. The Morgan fingerprint density at radius 3 is 2.83 bits per heavy atom. The molecule has 0 saturated heterocycles. The molecule has 1 N–H and O–H groups in total. The summed E-state index contributed by atoms with van der Waals surface area (Å²) in [6.45, 7) is 6.90. The van der Waals surface area contributed by atoms with Gasteiger partial charge in [-0.15, -0.1) is 6.58 Å². The van der Waals surface area contributed by atoms with Crippen molar-refractivity contribution in [3.05, 3.63) is 83.0 Å². The lowest BCUT2D eigenvalue weighted by atomic mass is 9.97. The second-order valence-corrected chi connectivity index (χ2v) is 6.61. The number of nitrogens with one attached hydrogen (secondary N) is 1. The summed E-state index contributed by atoms with van der Waals surface area (Å²) in [5.41, 5.74) is 5.03. The molecule has 1 atom stereocenters. The smallest absolute Gasteiger partial charge is 0.0649 e. The number of rotatable bonds is 3. The van der Waals surface area contributed by atoms with Gasteiger partial charge in [0.1, 0.15) is 0 Å². The third-order valence-corrected chi connectivity index (χ3v) is 5.00. The third kappa shape index (κ3) is 2.58.